The molecule has 0 bridgehead atoms. The number of methoxy groups -OCH3 is 1. The normalized spacial score (nSPS) is 11.9. The smallest absolute Gasteiger partial charge is 0.225 e. The summed E-state index contributed by atoms with van der Waals surface area (Å²) in [6.07, 6.45) is 3.37. The average molecular weight is 312 g/mol. The van der Waals surface area contributed by atoms with Crippen LogP contribution in [-0.4, -0.2) is 28.7 Å². The molecule has 118 valence electrons. The molecule has 5 nitrogen and oxygen atoms in total. The van der Waals surface area contributed by atoms with Crippen molar-refractivity contribution in [2.75, 3.05) is 29.7 Å². The van der Waals surface area contributed by atoms with E-state index < -0.39 is 10.8 Å². The zero-order chi connectivity index (χ0) is 15.7. The highest BCUT2D eigenvalue weighted by Crippen LogP contribution is 2.26. The predicted octanol–water partition coefficient (Wildman–Crippen LogP) is 2.54. The van der Waals surface area contributed by atoms with Crippen molar-refractivity contribution in [3.05, 3.63) is 18.2 Å². The minimum absolute atomic E-state index is 0.178. The van der Waals surface area contributed by atoms with Crippen LogP contribution in [0.1, 0.15) is 32.6 Å². The van der Waals surface area contributed by atoms with Crippen molar-refractivity contribution < 1.29 is 13.7 Å². The van der Waals surface area contributed by atoms with Crippen LogP contribution in [0, 0.1) is 0 Å². The van der Waals surface area contributed by atoms with Gasteiger partial charge in [-0.05, 0) is 24.6 Å². The first kappa shape index (κ1) is 17.5. The lowest BCUT2D eigenvalue weighted by atomic mass is 10.2. The van der Waals surface area contributed by atoms with Crippen molar-refractivity contribution >= 4 is 28.1 Å². The second-order valence-corrected chi connectivity index (χ2v) is 6.51. The fourth-order valence-electron chi connectivity index (χ4n) is 1.86. The van der Waals surface area contributed by atoms with Gasteiger partial charge in [-0.2, -0.15) is 0 Å². The van der Waals surface area contributed by atoms with Gasteiger partial charge in [-0.3, -0.25) is 9.00 Å². The van der Waals surface area contributed by atoms with E-state index in [1.165, 1.54) is 7.11 Å². The van der Waals surface area contributed by atoms with Crippen LogP contribution in [-0.2, 0) is 15.6 Å². The number of rotatable bonds is 9. The van der Waals surface area contributed by atoms with E-state index >= 15 is 0 Å². The Kier molecular flexibility index (Phi) is 7.82. The summed E-state index contributed by atoms with van der Waals surface area (Å²) in [5, 5.41) is 2.75. The molecular formula is C15H24N2O3S. The standard InChI is InChI=1S/C15H24N2O3S/c1-3-4-5-9-21(19)10-8-15(18)17-13-11-12(16)6-7-14(13)20-2/h6-7,11H,3-5,8-10,16H2,1-2H3,(H,17,18). The maximum Gasteiger partial charge on any atom is 0.225 e. The first-order valence-electron chi connectivity index (χ1n) is 7.15. The quantitative estimate of drug-likeness (QED) is 0.542. The zero-order valence-electron chi connectivity index (χ0n) is 12.7. The van der Waals surface area contributed by atoms with Crippen LogP contribution in [0.5, 0.6) is 5.75 Å². The predicted molar refractivity (Wildman–Crippen MR) is 88.1 cm³/mol. The van der Waals surface area contributed by atoms with Gasteiger partial charge in [-0.25, -0.2) is 0 Å². The zero-order valence-corrected chi connectivity index (χ0v) is 13.5. The fourth-order valence-corrected chi connectivity index (χ4v) is 3.00. The van der Waals surface area contributed by atoms with E-state index in [0.717, 1.165) is 19.3 Å². The van der Waals surface area contributed by atoms with Crippen molar-refractivity contribution in [1.29, 1.82) is 0 Å². The van der Waals surface area contributed by atoms with Crippen LogP contribution in [0.2, 0.25) is 0 Å². The Balaban J connectivity index is 2.43. The number of amides is 1. The van der Waals surface area contributed by atoms with Crippen molar-refractivity contribution in [3.63, 3.8) is 0 Å². The maximum absolute atomic E-state index is 11.9. The van der Waals surface area contributed by atoms with Gasteiger partial charge in [0.15, 0.2) is 0 Å². The first-order chi connectivity index (χ1) is 10.1. The second kappa shape index (κ2) is 9.39. The molecule has 1 atom stereocenters. The van der Waals surface area contributed by atoms with Crippen LogP contribution >= 0.6 is 0 Å². The number of hydrogen-bond donors (Lipinski definition) is 2. The van der Waals surface area contributed by atoms with Gasteiger partial charge in [0, 0.05) is 34.4 Å². The molecule has 0 saturated carbocycles. The SMILES string of the molecule is CCCCCS(=O)CCC(=O)Nc1cc(N)ccc1OC. The molecule has 1 rings (SSSR count). The van der Waals surface area contributed by atoms with Crippen LogP contribution in [0.25, 0.3) is 0 Å². The number of anilines is 2. The molecule has 1 unspecified atom stereocenters. The van der Waals surface area contributed by atoms with E-state index in [9.17, 15) is 9.00 Å². The Labute approximate surface area is 128 Å². The van der Waals surface area contributed by atoms with E-state index in [1.807, 2.05) is 0 Å². The third kappa shape index (κ3) is 6.62. The molecule has 0 fully saturated rings. The van der Waals surface area contributed by atoms with Gasteiger partial charge in [0.1, 0.15) is 5.75 Å². The van der Waals surface area contributed by atoms with Crippen molar-refractivity contribution in [2.45, 2.75) is 32.6 Å². The molecule has 0 spiro atoms. The lowest BCUT2D eigenvalue weighted by Gasteiger charge is -2.10. The number of hydrogen-bond acceptors (Lipinski definition) is 4. The number of carbonyl (C=O) groups excluding carboxylic acids is 1. The molecule has 0 aliphatic rings. The minimum Gasteiger partial charge on any atom is -0.495 e. The highest BCUT2D eigenvalue weighted by atomic mass is 32.2. The van der Waals surface area contributed by atoms with E-state index in [1.54, 1.807) is 18.2 Å². The summed E-state index contributed by atoms with van der Waals surface area (Å²) < 4.78 is 16.9. The van der Waals surface area contributed by atoms with Crippen molar-refractivity contribution in [3.8, 4) is 5.75 Å². The molecule has 1 aromatic rings. The van der Waals surface area contributed by atoms with Gasteiger partial charge in [0.05, 0.1) is 12.8 Å². The summed E-state index contributed by atoms with van der Waals surface area (Å²) in [6, 6.07) is 5.06. The van der Waals surface area contributed by atoms with Crippen LogP contribution in [0.15, 0.2) is 18.2 Å². The highest BCUT2D eigenvalue weighted by molar-refractivity contribution is 7.84. The molecule has 21 heavy (non-hydrogen) atoms. The summed E-state index contributed by atoms with van der Waals surface area (Å²) in [6.45, 7) is 2.11. The highest BCUT2D eigenvalue weighted by Gasteiger charge is 2.09. The number of nitrogens with two attached hydrogens (primary N) is 1. The van der Waals surface area contributed by atoms with Gasteiger partial charge in [0.25, 0.3) is 0 Å². The van der Waals surface area contributed by atoms with Gasteiger partial charge in [-0.15, -0.1) is 0 Å². The Morgan fingerprint density at radius 3 is 2.76 bits per heavy atom. The third-order valence-corrected chi connectivity index (χ3v) is 4.43. The van der Waals surface area contributed by atoms with Gasteiger partial charge in [0.2, 0.25) is 5.91 Å². The summed E-state index contributed by atoms with van der Waals surface area (Å²) in [5.74, 6) is 1.44. The van der Waals surface area contributed by atoms with Gasteiger partial charge >= 0.3 is 0 Å². The molecule has 6 heteroatoms. The molecule has 1 aromatic carbocycles. The third-order valence-electron chi connectivity index (χ3n) is 3.03. The largest absolute Gasteiger partial charge is 0.495 e. The molecule has 3 N–H and O–H groups in total. The molecule has 0 saturated heterocycles. The minimum atomic E-state index is -0.928. The average Bonchev–Trinajstić information content (AvgIpc) is 2.46. The fraction of sp³-hybridized carbons (Fsp3) is 0.533. The lowest BCUT2D eigenvalue weighted by molar-refractivity contribution is -0.115. The Morgan fingerprint density at radius 2 is 2.10 bits per heavy atom. The number of unbranched alkanes of at least 4 members (excludes halogenated alkanes) is 2. The first-order valence-corrected chi connectivity index (χ1v) is 8.64. The number of benzene rings is 1. The van der Waals surface area contributed by atoms with Crippen LogP contribution in [0.4, 0.5) is 11.4 Å². The number of carbonyl (C=O) groups is 1. The Morgan fingerprint density at radius 1 is 1.33 bits per heavy atom. The summed E-state index contributed by atoms with van der Waals surface area (Å²) >= 11 is 0. The summed E-state index contributed by atoms with van der Waals surface area (Å²) in [5.41, 5.74) is 6.78. The Bertz CT molecular complexity index is 492. The molecular weight excluding hydrogens is 288 g/mol. The molecule has 0 aliphatic carbocycles. The Hall–Kier alpha value is -1.56. The van der Waals surface area contributed by atoms with Gasteiger partial charge in [-0.1, -0.05) is 19.8 Å². The molecule has 0 aliphatic heterocycles. The summed E-state index contributed by atoms with van der Waals surface area (Å²) in [7, 11) is 0.603. The van der Waals surface area contributed by atoms with E-state index in [0.29, 0.717) is 28.6 Å². The molecule has 1 amide bonds. The van der Waals surface area contributed by atoms with Crippen LogP contribution < -0.4 is 15.8 Å². The van der Waals surface area contributed by atoms with E-state index in [4.69, 9.17) is 10.5 Å². The number of nitrogen functional groups attached to an aromatic ring is 1. The van der Waals surface area contributed by atoms with E-state index in [2.05, 4.69) is 12.2 Å². The molecule has 0 radical (unpaired) electrons. The van der Waals surface area contributed by atoms with Crippen LogP contribution in [0.3, 0.4) is 0 Å². The lowest BCUT2D eigenvalue weighted by Crippen LogP contribution is -2.16. The van der Waals surface area contributed by atoms with Crippen molar-refractivity contribution in [2.24, 2.45) is 0 Å². The molecule has 0 aromatic heterocycles. The molecule has 0 heterocycles. The second-order valence-electron chi connectivity index (χ2n) is 4.81. The topological polar surface area (TPSA) is 81.4 Å². The van der Waals surface area contributed by atoms with Gasteiger partial charge < -0.3 is 15.8 Å². The summed E-state index contributed by atoms with van der Waals surface area (Å²) in [4.78, 5) is 11.9. The maximum atomic E-state index is 11.9. The monoisotopic (exact) mass is 312 g/mol. The van der Waals surface area contributed by atoms with E-state index in [-0.39, 0.29) is 12.3 Å². The number of ether oxygens (including phenoxy) is 1. The van der Waals surface area contributed by atoms with Crippen molar-refractivity contribution in [1.82, 2.24) is 0 Å². The number of nitrogens with one attached hydrogen (secondary N) is 1.